The highest BCUT2D eigenvalue weighted by Crippen LogP contribution is 2.14. The van der Waals surface area contributed by atoms with Gasteiger partial charge in [0.15, 0.2) is 0 Å². The van der Waals surface area contributed by atoms with Crippen LogP contribution in [0.5, 0.6) is 0 Å². The second kappa shape index (κ2) is 6.66. The van der Waals surface area contributed by atoms with Crippen molar-refractivity contribution in [1.82, 2.24) is 9.78 Å². The highest BCUT2D eigenvalue weighted by atomic mass is 16.2. The van der Waals surface area contributed by atoms with Gasteiger partial charge in [-0.05, 0) is 31.2 Å². The molecule has 0 atom stereocenters. The molecule has 0 radical (unpaired) electrons. The van der Waals surface area contributed by atoms with Crippen LogP contribution < -0.4 is 16.2 Å². The van der Waals surface area contributed by atoms with E-state index in [2.05, 4.69) is 15.7 Å². The van der Waals surface area contributed by atoms with Gasteiger partial charge in [0, 0.05) is 24.4 Å². The van der Waals surface area contributed by atoms with E-state index in [1.807, 2.05) is 0 Å². The van der Waals surface area contributed by atoms with Gasteiger partial charge in [0.2, 0.25) is 11.8 Å². The normalized spacial score (nSPS) is 10.1. The second-order valence-electron chi connectivity index (χ2n) is 4.78. The first-order valence-electron chi connectivity index (χ1n) is 6.66. The molecule has 0 aliphatic carbocycles. The van der Waals surface area contributed by atoms with Crippen LogP contribution in [0.2, 0.25) is 0 Å². The number of rotatable bonds is 4. The Bertz CT molecular complexity index is 767. The van der Waals surface area contributed by atoms with Crippen molar-refractivity contribution in [3.8, 4) is 0 Å². The summed E-state index contributed by atoms with van der Waals surface area (Å²) in [4.78, 5) is 34.6. The molecule has 1 heterocycles. The molecule has 7 nitrogen and oxygen atoms in total. The largest absolute Gasteiger partial charge is 0.326 e. The third-order valence-electron chi connectivity index (χ3n) is 2.76. The van der Waals surface area contributed by atoms with E-state index in [0.29, 0.717) is 17.1 Å². The first kappa shape index (κ1) is 15.4. The van der Waals surface area contributed by atoms with Gasteiger partial charge >= 0.3 is 0 Å². The number of aromatic nitrogens is 2. The lowest BCUT2D eigenvalue weighted by atomic mass is 10.2. The second-order valence-corrected chi connectivity index (χ2v) is 4.78. The van der Waals surface area contributed by atoms with Crippen molar-refractivity contribution in [3.05, 3.63) is 52.4 Å². The molecule has 0 saturated carbocycles. The predicted octanol–water partition coefficient (Wildman–Crippen LogP) is 1.15. The van der Waals surface area contributed by atoms with Crippen molar-refractivity contribution < 1.29 is 9.59 Å². The minimum atomic E-state index is -0.375. The molecule has 0 aliphatic rings. The summed E-state index contributed by atoms with van der Waals surface area (Å²) < 4.78 is 1.10. The summed E-state index contributed by atoms with van der Waals surface area (Å²) in [7, 11) is 0. The summed E-state index contributed by atoms with van der Waals surface area (Å²) in [5, 5.41) is 9.29. The van der Waals surface area contributed by atoms with Crippen molar-refractivity contribution >= 4 is 23.2 Å². The Morgan fingerprint density at radius 3 is 2.50 bits per heavy atom. The zero-order valence-corrected chi connectivity index (χ0v) is 12.3. The van der Waals surface area contributed by atoms with Crippen molar-refractivity contribution in [2.45, 2.75) is 20.4 Å². The standard InChI is InChI=1S/C15H16N4O3/c1-10-6-7-15(22)19(18-10)9-14(21)17-13-5-3-4-12(8-13)16-11(2)20/h3-8H,9H2,1-2H3,(H,16,20)(H,17,21). The summed E-state index contributed by atoms with van der Waals surface area (Å²) in [6, 6.07) is 9.70. The lowest BCUT2D eigenvalue weighted by Gasteiger charge is -2.09. The molecule has 2 amide bonds. The summed E-state index contributed by atoms with van der Waals surface area (Å²) in [6.07, 6.45) is 0. The maximum Gasteiger partial charge on any atom is 0.267 e. The number of amides is 2. The van der Waals surface area contributed by atoms with Gasteiger partial charge in [0.05, 0.1) is 5.69 Å². The third kappa shape index (κ3) is 4.27. The maximum atomic E-state index is 12.0. The van der Waals surface area contributed by atoms with Crippen LogP contribution in [0.4, 0.5) is 11.4 Å². The van der Waals surface area contributed by atoms with Gasteiger partial charge in [0.1, 0.15) is 6.54 Å². The molecule has 0 bridgehead atoms. The Morgan fingerprint density at radius 2 is 1.82 bits per heavy atom. The van der Waals surface area contributed by atoms with E-state index in [0.717, 1.165) is 4.68 Å². The van der Waals surface area contributed by atoms with E-state index in [1.165, 1.54) is 13.0 Å². The quantitative estimate of drug-likeness (QED) is 0.885. The van der Waals surface area contributed by atoms with E-state index < -0.39 is 0 Å². The number of aryl methyl sites for hydroxylation is 1. The summed E-state index contributed by atoms with van der Waals surface area (Å²) >= 11 is 0. The molecular formula is C15H16N4O3. The molecule has 0 saturated heterocycles. The zero-order chi connectivity index (χ0) is 16.1. The zero-order valence-electron chi connectivity index (χ0n) is 12.3. The van der Waals surface area contributed by atoms with Crippen LogP contribution in [0.15, 0.2) is 41.2 Å². The van der Waals surface area contributed by atoms with Crippen LogP contribution in [0.25, 0.3) is 0 Å². The third-order valence-corrected chi connectivity index (χ3v) is 2.76. The van der Waals surface area contributed by atoms with E-state index in [-0.39, 0.29) is 23.9 Å². The molecule has 2 N–H and O–H groups in total. The van der Waals surface area contributed by atoms with E-state index in [1.54, 1.807) is 37.3 Å². The first-order chi connectivity index (χ1) is 10.4. The molecule has 0 unspecified atom stereocenters. The van der Waals surface area contributed by atoms with Gasteiger partial charge in [-0.25, -0.2) is 4.68 Å². The predicted molar refractivity (Wildman–Crippen MR) is 82.6 cm³/mol. The fraction of sp³-hybridized carbons (Fsp3) is 0.200. The Labute approximate surface area is 127 Å². The first-order valence-corrected chi connectivity index (χ1v) is 6.66. The minimum Gasteiger partial charge on any atom is -0.326 e. The number of hydrogen-bond donors (Lipinski definition) is 2. The molecule has 0 fully saturated rings. The van der Waals surface area contributed by atoms with Crippen LogP contribution in [0.1, 0.15) is 12.6 Å². The van der Waals surface area contributed by atoms with Crippen molar-refractivity contribution in [2.75, 3.05) is 10.6 Å². The minimum absolute atomic E-state index is 0.176. The SMILES string of the molecule is CC(=O)Nc1cccc(NC(=O)Cn2nc(C)ccc2=O)c1. The molecule has 7 heteroatoms. The van der Waals surface area contributed by atoms with Crippen molar-refractivity contribution in [3.63, 3.8) is 0 Å². The number of carbonyl (C=O) groups excluding carboxylic acids is 2. The average molecular weight is 300 g/mol. The molecule has 2 aromatic rings. The Hall–Kier alpha value is -2.96. The molecule has 2 rings (SSSR count). The number of hydrogen-bond acceptors (Lipinski definition) is 4. The Balaban J connectivity index is 2.07. The highest BCUT2D eigenvalue weighted by Gasteiger charge is 2.07. The molecule has 0 spiro atoms. The molecule has 114 valence electrons. The van der Waals surface area contributed by atoms with Crippen LogP contribution >= 0.6 is 0 Å². The average Bonchev–Trinajstić information content (AvgIpc) is 2.42. The highest BCUT2D eigenvalue weighted by molar-refractivity contribution is 5.93. The molecule has 22 heavy (non-hydrogen) atoms. The number of nitrogens with zero attached hydrogens (tertiary/aromatic N) is 2. The number of nitrogens with one attached hydrogen (secondary N) is 2. The van der Waals surface area contributed by atoms with Gasteiger partial charge in [-0.3, -0.25) is 14.4 Å². The fourth-order valence-corrected chi connectivity index (χ4v) is 1.88. The van der Waals surface area contributed by atoms with Crippen LogP contribution in [0.3, 0.4) is 0 Å². The lowest BCUT2D eigenvalue weighted by Crippen LogP contribution is -2.29. The molecule has 1 aromatic carbocycles. The van der Waals surface area contributed by atoms with Gasteiger partial charge in [0.25, 0.3) is 5.56 Å². The number of benzene rings is 1. The van der Waals surface area contributed by atoms with E-state index >= 15 is 0 Å². The lowest BCUT2D eigenvalue weighted by molar-refractivity contribution is -0.117. The van der Waals surface area contributed by atoms with Crippen LogP contribution in [-0.2, 0) is 16.1 Å². The van der Waals surface area contributed by atoms with Gasteiger partial charge < -0.3 is 10.6 Å². The number of carbonyl (C=O) groups is 2. The molecule has 0 aliphatic heterocycles. The summed E-state index contributed by atoms with van der Waals surface area (Å²) in [5.74, 6) is -0.570. The maximum absolute atomic E-state index is 12.0. The van der Waals surface area contributed by atoms with Crippen molar-refractivity contribution in [2.24, 2.45) is 0 Å². The monoisotopic (exact) mass is 300 g/mol. The van der Waals surface area contributed by atoms with E-state index in [9.17, 15) is 14.4 Å². The van der Waals surface area contributed by atoms with Gasteiger partial charge in [-0.15, -0.1) is 0 Å². The Morgan fingerprint density at radius 1 is 1.14 bits per heavy atom. The Kier molecular flexibility index (Phi) is 4.67. The number of anilines is 2. The smallest absolute Gasteiger partial charge is 0.267 e. The molecular weight excluding hydrogens is 284 g/mol. The summed E-state index contributed by atoms with van der Waals surface area (Å²) in [5.41, 5.74) is 1.42. The summed E-state index contributed by atoms with van der Waals surface area (Å²) in [6.45, 7) is 2.97. The van der Waals surface area contributed by atoms with E-state index in [4.69, 9.17) is 0 Å². The van der Waals surface area contributed by atoms with Gasteiger partial charge in [-0.1, -0.05) is 6.07 Å². The molecule has 1 aromatic heterocycles. The fourth-order valence-electron chi connectivity index (χ4n) is 1.88. The van der Waals surface area contributed by atoms with Crippen LogP contribution in [-0.4, -0.2) is 21.6 Å². The van der Waals surface area contributed by atoms with Gasteiger partial charge in [-0.2, -0.15) is 5.10 Å². The van der Waals surface area contributed by atoms with Crippen molar-refractivity contribution in [1.29, 1.82) is 0 Å². The van der Waals surface area contributed by atoms with Crippen LogP contribution in [0, 0.1) is 6.92 Å². The topological polar surface area (TPSA) is 93.1 Å².